The van der Waals surface area contributed by atoms with Gasteiger partial charge in [-0.25, -0.2) is 0 Å². The van der Waals surface area contributed by atoms with Crippen LogP contribution in [0.25, 0.3) is 11.3 Å². The summed E-state index contributed by atoms with van der Waals surface area (Å²) in [5.74, 6) is -0.264. The number of likely N-dealkylation sites (tertiary alicyclic amines) is 1. The minimum absolute atomic E-state index is 0.0275. The van der Waals surface area contributed by atoms with Crippen molar-refractivity contribution >= 4 is 23.2 Å². The molecule has 3 aromatic heterocycles. The number of carbonyl (C=O) groups is 2. The molecule has 1 aliphatic rings. The second-order valence-corrected chi connectivity index (χ2v) is 8.15. The van der Waals surface area contributed by atoms with Crippen LogP contribution >= 0.6 is 11.3 Å². The van der Waals surface area contributed by atoms with E-state index in [9.17, 15) is 9.59 Å². The van der Waals surface area contributed by atoms with Gasteiger partial charge in [0.1, 0.15) is 5.69 Å². The first kappa shape index (κ1) is 19.3. The third kappa shape index (κ3) is 4.71. The van der Waals surface area contributed by atoms with Crippen LogP contribution < -0.4 is 5.32 Å². The average Bonchev–Trinajstić information content (AvgIpc) is 3.46. The maximum atomic E-state index is 12.9. The van der Waals surface area contributed by atoms with Crippen molar-refractivity contribution in [1.82, 2.24) is 25.4 Å². The van der Waals surface area contributed by atoms with Crippen LogP contribution in [-0.4, -0.2) is 51.5 Å². The molecule has 7 nitrogen and oxygen atoms in total. The first-order chi connectivity index (χ1) is 14.2. The molecule has 0 aliphatic carbocycles. The zero-order valence-corrected chi connectivity index (χ0v) is 16.8. The molecule has 0 saturated carbocycles. The molecule has 2 amide bonds. The normalized spacial score (nSPS) is 16.6. The van der Waals surface area contributed by atoms with Crippen molar-refractivity contribution in [3.63, 3.8) is 0 Å². The Morgan fingerprint density at radius 2 is 2.24 bits per heavy atom. The fraction of sp³-hybridized carbons (Fsp3) is 0.333. The Labute approximate surface area is 173 Å². The molecule has 1 atom stereocenters. The number of piperidine rings is 1. The van der Waals surface area contributed by atoms with Crippen molar-refractivity contribution in [3.05, 3.63) is 58.7 Å². The summed E-state index contributed by atoms with van der Waals surface area (Å²) in [6.07, 6.45) is 5.87. The van der Waals surface area contributed by atoms with Gasteiger partial charge in [0.25, 0.3) is 5.91 Å². The van der Waals surface area contributed by atoms with Crippen LogP contribution in [-0.2, 0) is 11.2 Å². The van der Waals surface area contributed by atoms with Crippen molar-refractivity contribution in [2.45, 2.75) is 19.3 Å². The highest BCUT2D eigenvalue weighted by Gasteiger charge is 2.29. The maximum Gasteiger partial charge on any atom is 0.271 e. The summed E-state index contributed by atoms with van der Waals surface area (Å²) < 4.78 is 0. The molecule has 0 unspecified atom stereocenters. The summed E-state index contributed by atoms with van der Waals surface area (Å²) in [6.45, 7) is 1.71. The number of hydrogen-bond acceptors (Lipinski definition) is 5. The van der Waals surface area contributed by atoms with E-state index in [1.165, 1.54) is 4.88 Å². The SMILES string of the molecule is O=C(NCCc1cccs1)[C@@H]1CCCN(C(=O)c2cc(-c3cccnc3)n[nH]2)C1. The van der Waals surface area contributed by atoms with E-state index in [-0.39, 0.29) is 17.7 Å². The predicted octanol–water partition coefficient (Wildman–Crippen LogP) is 2.74. The fourth-order valence-electron chi connectivity index (χ4n) is 3.55. The van der Waals surface area contributed by atoms with Crippen LogP contribution in [0.4, 0.5) is 0 Å². The maximum absolute atomic E-state index is 12.9. The monoisotopic (exact) mass is 409 g/mol. The highest BCUT2D eigenvalue weighted by Crippen LogP contribution is 2.21. The number of nitrogens with zero attached hydrogens (tertiary/aromatic N) is 3. The van der Waals surface area contributed by atoms with Gasteiger partial charge in [0.15, 0.2) is 0 Å². The van der Waals surface area contributed by atoms with Crippen LogP contribution in [0.1, 0.15) is 28.2 Å². The lowest BCUT2D eigenvalue weighted by Gasteiger charge is -2.31. The fourth-order valence-corrected chi connectivity index (χ4v) is 4.26. The van der Waals surface area contributed by atoms with Crippen molar-refractivity contribution in [2.75, 3.05) is 19.6 Å². The lowest BCUT2D eigenvalue weighted by Crippen LogP contribution is -2.45. The molecule has 29 heavy (non-hydrogen) atoms. The van der Waals surface area contributed by atoms with Gasteiger partial charge in [-0.3, -0.25) is 19.7 Å². The Morgan fingerprint density at radius 3 is 3.03 bits per heavy atom. The van der Waals surface area contributed by atoms with Crippen molar-refractivity contribution in [1.29, 1.82) is 0 Å². The summed E-state index contributed by atoms with van der Waals surface area (Å²) >= 11 is 1.69. The number of aromatic nitrogens is 3. The second kappa shape index (κ2) is 9.00. The highest BCUT2D eigenvalue weighted by molar-refractivity contribution is 7.09. The van der Waals surface area contributed by atoms with Crippen molar-refractivity contribution in [3.8, 4) is 11.3 Å². The molecule has 8 heteroatoms. The van der Waals surface area contributed by atoms with Crippen LogP contribution in [0.2, 0.25) is 0 Å². The summed E-state index contributed by atoms with van der Waals surface area (Å²) in [5, 5.41) is 12.1. The zero-order valence-electron chi connectivity index (χ0n) is 16.0. The predicted molar refractivity (Wildman–Crippen MR) is 111 cm³/mol. The molecule has 0 spiro atoms. The Kier molecular flexibility index (Phi) is 6.00. The number of H-pyrrole nitrogens is 1. The number of hydrogen-bond donors (Lipinski definition) is 2. The molecule has 1 aliphatic heterocycles. The van der Waals surface area contributed by atoms with Gasteiger partial charge in [0.05, 0.1) is 11.6 Å². The third-order valence-electron chi connectivity index (χ3n) is 5.10. The number of carbonyl (C=O) groups excluding carboxylic acids is 2. The van der Waals surface area contributed by atoms with Gasteiger partial charge >= 0.3 is 0 Å². The average molecular weight is 410 g/mol. The molecule has 2 N–H and O–H groups in total. The molecule has 4 heterocycles. The lowest BCUT2D eigenvalue weighted by atomic mass is 9.96. The lowest BCUT2D eigenvalue weighted by molar-refractivity contribution is -0.126. The zero-order chi connectivity index (χ0) is 20.1. The van der Waals surface area contributed by atoms with E-state index in [1.54, 1.807) is 34.7 Å². The van der Waals surface area contributed by atoms with E-state index in [0.717, 1.165) is 24.8 Å². The van der Waals surface area contributed by atoms with Crippen LogP contribution in [0, 0.1) is 5.92 Å². The standard InChI is InChI=1S/C21H23N5O2S/c27-20(23-9-7-17-6-3-11-29-17)16-5-2-10-26(14-16)21(28)19-12-18(24-25-19)15-4-1-8-22-13-15/h1,3-4,6,8,11-13,16H,2,5,7,9-10,14H2,(H,23,27)(H,24,25)/t16-/m1/s1. The number of amides is 2. The van der Waals surface area contributed by atoms with Gasteiger partial charge in [-0.05, 0) is 48.9 Å². The van der Waals surface area contributed by atoms with E-state index in [4.69, 9.17) is 0 Å². The molecule has 1 fully saturated rings. The van der Waals surface area contributed by atoms with Gasteiger partial charge < -0.3 is 10.2 Å². The largest absolute Gasteiger partial charge is 0.355 e. The Bertz CT molecular complexity index is 955. The van der Waals surface area contributed by atoms with Gasteiger partial charge in [-0.1, -0.05) is 6.07 Å². The highest BCUT2D eigenvalue weighted by atomic mass is 32.1. The van der Waals surface area contributed by atoms with E-state index >= 15 is 0 Å². The Hall–Kier alpha value is -3.00. The molecular formula is C21H23N5O2S. The second-order valence-electron chi connectivity index (χ2n) is 7.12. The molecule has 0 bridgehead atoms. The summed E-state index contributed by atoms with van der Waals surface area (Å²) in [4.78, 5) is 32.5. The minimum Gasteiger partial charge on any atom is -0.355 e. The smallest absolute Gasteiger partial charge is 0.271 e. The molecular weight excluding hydrogens is 386 g/mol. The number of aromatic amines is 1. The van der Waals surface area contributed by atoms with Gasteiger partial charge in [0.2, 0.25) is 5.91 Å². The minimum atomic E-state index is -0.170. The van der Waals surface area contributed by atoms with Crippen LogP contribution in [0.5, 0.6) is 0 Å². The Balaban J connectivity index is 1.33. The van der Waals surface area contributed by atoms with E-state index < -0.39 is 0 Å². The molecule has 1 saturated heterocycles. The molecule has 3 aromatic rings. The van der Waals surface area contributed by atoms with Gasteiger partial charge in [0, 0.05) is 42.5 Å². The number of thiophene rings is 1. The third-order valence-corrected chi connectivity index (χ3v) is 6.03. The molecule has 0 radical (unpaired) electrons. The van der Waals surface area contributed by atoms with Crippen LogP contribution in [0.3, 0.4) is 0 Å². The topological polar surface area (TPSA) is 91.0 Å². The van der Waals surface area contributed by atoms with E-state index in [1.807, 2.05) is 23.6 Å². The summed E-state index contributed by atoms with van der Waals surface area (Å²) in [6, 6.07) is 9.56. The number of pyridine rings is 1. The Morgan fingerprint density at radius 1 is 1.31 bits per heavy atom. The van der Waals surface area contributed by atoms with Crippen molar-refractivity contribution < 1.29 is 9.59 Å². The first-order valence-electron chi connectivity index (χ1n) is 9.76. The van der Waals surface area contributed by atoms with Gasteiger partial charge in [-0.15, -0.1) is 11.3 Å². The van der Waals surface area contributed by atoms with Crippen LogP contribution in [0.15, 0.2) is 48.1 Å². The molecule has 4 rings (SSSR count). The summed E-state index contributed by atoms with van der Waals surface area (Å²) in [7, 11) is 0. The molecule has 150 valence electrons. The summed E-state index contributed by atoms with van der Waals surface area (Å²) in [5.41, 5.74) is 1.97. The van der Waals surface area contributed by atoms with E-state index in [2.05, 4.69) is 26.6 Å². The van der Waals surface area contributed by atoms with E-state index in [0.29, 0.717) is 31.0 Å². The molecule has 0 aromatic carbocycles. The number of rotatable bonds is 6. The van der Waals surface area contributed by atoms with Gasteiger partial charge in [-0.2, -0.15) is 5.10 Å². The first-order valence-corrected chi connectivity index (χ1v) is 10.6. The van der Waals surface area contributed by atoms with Crippen molar-refractivity contribution in [2.24, 2.45) is 5.92 Å². The number of nitrogens with one attached hydrogen (secondary N) is 2. The quantitative estimate of drug-likeness (QED) is 0.655.